The van der Waals surface area contributed by atoms with Gasteiger partial charge in [0.2, 0.25) is 0 Å². The van der Waals surface area contributed by atoms with Crippen molar-refractivity contribution in [2.75, 3.05) is 13.1 Å². The van der Waals surface area contributed by atoms with Gasteiger partial charge in [0.05, 0.1) is 5.56 Å². The Kier molecular flexibility index (Phi) is 2.19. The molecule has 0 N–H and O–H groups in total. The Morgan fingerprint density at radius 1 is 1.50 bits per heavy atom. The maximum atomic E-state index is 11.6. The molecule has 4 heteroatoms. The van der Waals surface area contributed by atoms with Gasteiger partial charge >= 0.3 is 0 Å². The van der Waals surface area contributed by atoms with E-state index in [0.29, 0.717) is 0 Å². The van der Waals surface area contributed by atoms with Gasteiger partial charge in [0.15, 0.2) is 0 Å². The summed E-state index contributed by atoms with van der Waals surface area (Å²) in [5.41, 5.74) is 0.805. The molecule has 0 aliphatic carbocycles. The van der Waals surface area contributed by atoms with Crippen molar-refractivity contribution in [1.82, 2.24) is 4.90 Å². The van der Waals surface area contributed by atoms with Crippen LogP contribution in [0.5, 0.6) is 0 Å². The summed E-state index contributed by atoms with van der Waals surface area (Å²) in [4.78, 5) is 13.5. The van der Waals surface area contributed by atoms with Crippen molar-refractivity contribution >= 4 is 33.2 Å². The molecular weight excluding hydrogens is 238 g/mol. The number of thiophene rings is 1. The molecule has 1 aromatic heterocycles. The first kappa shape index (κ1) is 8.26. The summed E-state index contributed by atoms with van der Waals surface area (Å²) in [6.45, 7) is 1.84. The third-order valence-corrected chi connectivity index (χ3v) is 3.69. The Hall–Kier alpha value is -0.350. The molecule has 0 unspecified atom stereocenters. The van der Waals surface area contributed by atoms with Gasteiger partial charge in [0.25, 0.3) is 5.91 Å². The summed E-state index contributed by atoms with van der Waals surface area (Å²) in [6.07, 6.45) is 1.15. The topological polar surface area (TPSA) is 20.3 Å². The Balaban J connectivity index is 2.19. The monoisotopic (exact) mass is 245 g/mol. The van der Waals surface area contributed by atoms with Crippen LogP contribution in [0.25, 0.3) is 0 Å². The summed E-state index contributed by atoms with van der Waals surface area (Å²) < 4.78 is 0.921. The van der Waals surface area contributed by atoms with Crippen LogP contribution < -0.4 is 0 Å². The van der Waals surface area contributed by atoms with E-state index in [1.807, 2.05) is 15.7 Å². The maximum Gasteiger partial charge on any atom is 0.255 e. The van der Waals surface area contributed by atoms with Gasteiger partial charge in [-0.3, -0.25) is 4.79 Å². The second-order valence-corrected chi connectivity index (χ2v) is 4.38. The van der Waals surface area contributed by atoms with E-state index in [2.05, 4.69) is 15.9 Å². The van der Waals surface area contributed by atoms with Gasteiger partial charge in [-0.1, -0.05) is 0 Å². The lowest BCUT2D eigenvalue weighted by molar-refractivity contribution is 0.0651. The summed E-state index contributed by atoms with van der Waals surface area (Å²) in [7, 11) is 0. The second kappa shape index (κ2) is 3.18. The molecule has 0 bridgehead atoms. The molecule has 0 saturated carbocycles. The van der Waals surface area contributed by atoms with Gasteiger partial charge in [-0.15, -0.1) is 0 Å². The predicted octanol–water partition coefficient (Wildman–Crippen LogP) is 2.36. The molecule has 2 rings (SSSR count). The number of carbonyl (C=O) groups is 1. The number of carbonyl (C=O) groups excluding carboxylic acids is 1. The van der Waals surface area contributed by atoms with Crippen molar-refractivity contribution in [3.05, 3.63) is 20.8 Å². The van der Waals surface area contributed by atoms with E-state index >= 15 is 0 Å². The first-order valence-electron chi connectivity index (χ1n) is 3.80. The average molecular weight is 246 g/mol. The van der Waals surface area contributed by atoms with Crippen molar-refractivity contribution in [2.45, 2.75) is 6.42 Å². The molecule has 2 nitrogen and oxygen atoms in total. The fourth-order valence-electron chi connectivity index (χ4n) is 1.12. The van der Waals surface area contributed by atoms with Gasteiger partial charge in [-0.2, -0.15) is 11.3 Å². The molecule has 1 aliphatic heterocycles. The standard InChI is InChI=1S/C8H8BrNOS/c9-7-5-12-4-6(7)8(11)10-2-1-3-10/h4-5H,1-3H2. The molecule has 2 heterocycles. The van der Waals surface area contributed by atoms with E-state index in [9.17, 15) is 4.79 Å². The van der Waals surface area contributed by atoms with Crippen LogP contribution in [0.2, 0.25) is 0 Å². The van der Waals surface area contributed by atoms with Crippen LogP contribution in [0, 0.1) is 0 Å². The highest BCUT2D eigenvalue weighted by Crippen LogP contribution is 2.24. The van der Waals surface area contributed by atoms with E-state index in [0.717, 1.165) is 29.5 Å². The quantitative estimate of drug-likeness (QED) is 0.744. The van der Waals surface area contributed by atoms with Crippen molar-refractivity contribution in [3.63, 3.8) is 0 Å². The van der Waals surface area contributed by atoms with Gasteiger partial charge in [0.1, 0.15) is 0 Å². The normalized spacial score (nSPS) is 15.9. The van der Waals surface area contributed by atoms with Crippen molar-refractivity contribution < 1.29 is 4.79 Å². The van der Waals surface area contributed by atoms with Crippen LogP contribution >= 0.6 is 27.3 Å². The summed E-state index contributed by atoms with van der Waals surface area (Å²) in [5, 5.41) is 3.83. The molecule has 0 atom stereocenters. The highest BCUT2D eigenvalue weighted by atomic mass is 79.9. The molecule has 1 fully saturated rings. The van der Waals surface area contributed by atoms with Crippen LogP contribution in [0.4, 0.5) is 0 Å². The van der Waals surface area contributed by atoms with Gasteiger partial charge < -0.3 is 4.90 Å². The number of amides is 1. The Labute approximate surface area is 83.3 Å². The van der Waals surface area contributed by atoms with Crippen LogP contribution in [-0.2, 0) is 0 Å². The molecule has 1 saturated heterocycles. The number of nitrogens with zero attached hydrogens (tertiary/aromatic N) is 1. The minimum atomic E-state index is 0.161. The lowest BCUT2D eigenvalue weighted by Gasteiger charge is -2.30. The fourth-order valence-corrected chi connectivity index (χ4v) is 2.56. The fraction of sp³-hybridized carbons (Fsp3) is 0.375. The molecule has 0 spiro atoms. The Morgan fingerprint density at radius 2 is 2.25 bits per heavy atom. The minimum absolute atomic E-state index is 0.161. The largest absolute Gasteiger partial charge is 0.338 e. The van der Waals surface area contributed by atoms with E-state index < -0.39 is 0 Å². The maximum absolute atomic E-state index is 11.6. The molecule has 1 aliphatic rings. The molecular formula is C8H8BrNOS. The molecule has 0 aromatic carbocycles. The van der Waals surface area contributed by atoms with Crippen molar-refractivity contribution in [2.24, 2.45) is 0 Å². The predicted molar refractivity (Wildman–Crippen MR) is 52.5 cm³/mol. The Morgan fingerprint density at radius 3 is 2.67 bits per heavy atom. The number of hydrogen-bond acceptors (Lipinski definition) is 2. The number of halogens is 1. The zero-order valence-electron chi connectivity index (χ0n) is 6.42. The van der Waals surface area contributed by atoms with Crippen LogP contribution in [0.1, 0.15) is 16.8 Å². The molecule has 64 valence electrons. The molecule has 1 amide bonds. The number of likely N-dealkylation sites (tertiary alicyclic amines) is 1. The smallest absolute Gasteiger partial charge is 0.255 e. The average Bonchev–Trinajstić information content (AvgIpc) is 2.31. The number of hydrogen-bond donors (Lipinski definition) is 0. The highest BCUT2D eigenvalue weighted by Gasteiger charge is 2.23. The van der Waals surface area contributed by atoms with E-state index in [1.165, 1.54) is 0 Å². The molecule has 0 radical (unpaired) electrons. The van der Waals surface area contributed by atoms with Crippen LogP contribution in [-0.4, -0.2) is 23.9 Å². The first-order valence-corrected chi connectivity index (χ1v) is 5.53. The third kappa shape index (κ3) is 1.29. The van der Waals surface area contributed by atoms with Crippen LogP contribution in [0.3, 0.4) is 0 Å². The zero-order chi connectivity index (χ0) is 8.55. The molecule has 1 aromatic rings. The number of rotatable bonds is 1. The molecule has 12 heavy (non-hydrogen) atoms. The summed E-state index contributed by atoms with van der Waals surface area (Å²) in [6, 6.07) is 0. The lowest BCUT2D eigenvalue weighted by atomic mass is 10.2. The second-order valence-electron chi connectivity index (χ2n) is 2.78. The SMILES string of the molecule is O=C(c1cscc1Br)N1CCC1. The van der Waals surface area contributed by atoms with E-state index in [-0.39, 0.29) is 5.91 Å². The Bertz CT molecular complexity index is 306. The minimum Gasteiger partial charge on any atom is -0.338 e. The van der Waals surface area contributed by atoms with Crippen molar-refractivity contribution in [1.29, 1.82) is 0 Å². The van der Waals surface area contributed by atoms with E-state index in [1.54, 1.807) is 11.3 Å². The zero-order valence-corrected chi connectivity index (χ0v) is 8.82. The lowest BCUT2D eigenvalue weighted by Crippen LogP contribution is -2.41. The van der Waals surface area contributed by atoms with Crippen molar-refractivity contribution in [3.8, 4) is 0 Å². The van der Waals surface area contributed by atoms with Gasteiger partial charge in [0, 0.05) is 28.3 Å². The van der Waals surface area contributed by atoms with Gasteiger partial charge in [-0.25, -0.2) is 0 Å². The highest BCUT2D eigenvalue weighted by molar-refractivity contribution is 9.10. The van der Waals surface area contributed by atoms with Crippen LogP contribution in [0.15, 0.2) is 15.2 Å². The van der Waals surface area contributed by atoms with Gasteiger partial charge in [-0.05, 0) is 22.4 Å². The first-order chi connectivity index (χ1) is 5.79. The summed E-state index contributed by atoms with van der Waals surface area (Å²) >= 11 is 4.90. The van der Waals surface area contributed by atoms with E-state index in [4.69, 9.17) is 0 Å². The third-order valence-electron chi connectivity index (χ3n) is 1.99. The summed E-state index contributed by atoms with van der Waals surface area (Å²) in [5.74, 6) is 0.161.